The molecule has 0 spiro atoms. The van der Waals surface area contributed by atoms with Gasteiger partial charge in [0.05, 0.1) is 0 Å². The van der Waals surface area contributed by atoms with Crippen molar-refractivity contribution in [2.45, 2.75) is 32.8 Å². The van der Waals surface area contributed by atoms with Crippen molar-refractivity contribution in [3.63, 3.8) is 0 Å². The lowest BCUT2D eigenvalue weighted by Gasteiger charge is -2.15. The van der Waals surface area contributed by atoms with Crippen molar-refractivity contribution in [1.82, 2.24) is 0 Å². The Morgan fingerprint density at radius 2 is 1.68 bits per heavy atom. The third-order valence-corrected chi connectivity index (χ3v) is 4.02. The van der Waals surface area contributed by atoms with E-state index in [0.717, 1.165) is 35.1 Å². The lowest BCUT2D eigenvalue weighted by atomic mass is 9.91. The molecule has 0 fully saturated rings. The van der Waals surface area contributed by atoms with Crippen molar-refractivity contribution in [1.29, 1.82) is 0 Å². The number of hydrogen-bond acceptors (Lipinski definition) is 2. The van der Waals surface area contributed by atoms with Crippen LogP contribution < -0.4 is 0 Å². The number of aryl methyl sites for hydroxylation is 1. The molecule has 0 radical (unpaired) electrons. The summed E-state index contributed by atoms with van der Waals surface area (Å²) in [7, 11) is 0. The molecule has 0 aliphatic carbocycles. The average molecular weight is 292 g/mol. The summed E-state index contributed by atoms with van der Waals surface area (Å²) in [6.07, 6.45) is 1.39. The van der Waals surface area contributed by atoms with Gasteiger partial charge in [-0.15, -0.1) is 0 Å². The molecule has 112 valence electrons. The molecule has 1 aliphatic rings. The van der Waals surface area contributed by atoms with E-state index < -0.39 is 0 Å². The molecule has 1 heterocycles. The molecule has 1 aliphatic heterocycles. The minimum Gasteiger partial charge on any atom is -0.449 e. The molecule has 0 saturated carbocycles. The lowest BCUT2D eigenvalue weighted by molar-refractivity contribution is -0.139. The molecule has 0 amide bonds. The van der Waals surface area contributed by atoms with Gasteiger partial charge in [-0.1, -0.05) is 73.5 Å². The highest BCUT2D eigenvalue weighted by atomic mass is 16.5. The first-order valence-corrected chi connectivity index (χ1v) is 7.76. The van der Waals surface area contributed by atoms with E-state index in [4.69, 9.17) is 4.74 Å². The van der Waals surface area contributed by atoms with Crippen LogP contribution in [0.2, 0.25) is 0 Å². The Labute approximate surface area is 131 Å². The van der Waals surface area contributed by atoms with Crippen molar-refractivity contribution in [3.05, 3.63) is 76.9 Å². The van der Waals surface area contributed by atoms with Crippen LogP contribution in [0.4, 0.5) is 0 Å². The molecule has 0 aromatic heterocycles. The fourth-order valence-corrected chi connectivity index (χ4v) is 2.91. The number of hydrogen-bond donors (Lipinski definition) is 0. The number of carbonyl (C=O) groups is 1. The second kappa shape index (κ2) is 6.18. The maximum Gasteiger partial charge on any atom is 0.335 e. The normalized spacial score (nSPS) is 17.7. The van der Waals surface area contributed by atoms with E-state index in [1.54, 1.807) is 0 Å². The Kier molecular flexibility index (Phi) is 4.10. The van der Waals surface area contributed by atoms with Crippen LogP contribution in [0.5, 0.6) is 0 Å². The highest BCUT2D eigenvalue weighted by molar-refractivity contribution is 6.03. The zero-order valence-corrected chi connectivity index (χ0v) is 13.0. The van der Waals surface area contributed by atoms with Gasteiger partial charge in [0.15, 0.2) is 6.10 Å². The summed E-state index contributed by atoms with van der Waals surface area (Å²) in [6, 6.07) is 18.3. The minimum atomic E-state index is -0.294. The molecular weight excluding hydrogens is 272 g/mol. The van der Waals surface area contributed by atoms with Crippen LogP contribution in [0.15, 0.2) is 60.2 Å². The lowest BCUT2D eigenvalue weighted by Crippen LogP contribution is -2.03. The summed E-state index contributed by atoms with van der Waals surface area (Å²) in [4.78, 5) is 12.3. The van der Waals surface area contributed by atoms with Crippen molar-refractivity contribution in [2.24, 2.45) is 0 Å². The second-order valence-electron chi connectivity index (χ2n) is 5.70. The highest BCUT2D eigenvalue weighted by Crippen LogP contribution is 2.42. The molecule has 3 rings (SSSR count). The van der Waals surface area contributed by atoms with Gasteiger partial charge in [0.1, 0.15) is 0 Å². The van der Waals surface area contributed by atoms with Crippen LogP contribution in [-0.2, 0) is 9.53 Å². The van der Waals surface area contributed by atoms with Gasteiger partial charge in [-0.05, 0) is 24.5 Å². The molecule has 22 heavy (non-hydrogen) atoms. The molecule has 1 atom stereocenters. The summed E-state index contributed by atoms with van der Waals surface area (Å²) in [5.41, 5.74) is 5.16. The molecular formula is C20H20O2. The zero-order chi connectivity index (χ0) is 15.5. The van der Waals surface area contributed by atoms with Gasteiger partial charge in [-0.3, -0.25) is 0 Å². The van der Waals surface area contributed by atoms with Gasteiger partial charge >= 0.3 is 5.97 Å². The van der Waals surface area contributed by atoms with Gasteiger partial charge in [-0.2, -0.15) is 0 Å². The van der Waals surface area contributed by atoms with E-state index in [2.05, 4.69) is 38.1 Å². The van der Waals surface area contributed by atoms with E-state index in [-0.39, 0.29) is 12.1 Å². The first-order valence-electron chi connectivity index (χ1n) is 7.76. The Balaban J connectivity index is 2.11. The van der Waals surface area contributed by atoms with E-state index in [0.29, 0.717) is 0 Å². The topological polar surface area (TPSA) is 26.3 Å². The number of rotatable bonds is 4. The standard InChI is InChI=1S/C20H20O2/c1-3-7-17-18(15-12-10-14(2)11-13-15)19(22-20(17)21)16-8-5-4-6-9-16/h4-6,8-13,19H,3,7H2,1-2H3. The van der Waals surface area contributed by atoms with E-state index in [1.165, 1.54) is 5.56 Å². The quantitative estimate of drug-likeness (QED) is 0.753. The Morgan fingerprint density at radius 3 is 2.32 bits per heavy atom. The van der Waals surface area contributed by atoms with Gasteiger partial charge in [0, 0.05) is 11.1 Å². The summed E-state index contributed by atoms with van der Waals surface area (Å²) >= 11 is 0. The first-order chi connectivity index (χ1) is 10.7. The Bertz CT molecular complexity index is 696. The second-order valence-corrected chi connectivity index (χ2v) is 5.70. The predicted molar refractivity (Wildman–Crippen MR) is 88.3 cm³/mol. The van der Waals surface area contributed by atoms with Crippen molar-refractivity contribution < 1.29 is 9.53 Å². The third kappa shape index (κ3) is 2.69. The Hall–Kier alpha value is -2.35. The number of cyclic esters (lactones) is 1. The summed E-state index contributed by atoms with van der Waals surface area (Å²) in [5.74, 6) is -0.175. The third-order valence-electron chi connectivity index (χ3n) is 4.02. The zero-order valence-electron chi connectivity index (χ0n) is 13.0. The number of carbonyl (C=O) groups excluding carboxylic acids is 1. The molecule has 1 unspecified atom stereocenters. The number of ether oxygens (including phenoxy) is 1. The highest BCUT2D eigenvalue weighted by Gasteiger charge is 2.35. The van der Waals surface area contributed by atoms with Gasteiger partial charge < -0.3 is 4.74 Å². The summed E-state index contributed by atoms with van der Waals surface area (Å²) < 4.78 is 5.70. The average Bonchev–Trinajstić information content (AvgIpc) is 2.87. The largest absolute Gasteiger partial charge is 0.449 e. The van der Waals surface area contributed by atoms with Crippen LogP contribution in [0, 0.1) is 6.92 Å². The molecule has 0 N–H and O–H groups in total. The van der Waals surface area contributed by atoms with Crippen LogP contribution >= 0.6 is 0 Å². The molecule has 0 bridgehead atoms. The number of benzene rings is 2. The van der Waals surface area contributed by atoms with Crippen LogP contribution in [0.3, 0.4) is 0 Å². The maximum absolute atomic E-state index is 12.3. The molecule has 2 nitrogen and oxygen atoms in total. The van der Waals surface area contributed by atoms with Gasteiger partial charge in [-0.25, -0.2) is 4.79 Å². The Morgan fingerprint density at radius 1 is 1.00 bits per heavy atom. The minimum absolute atomic E-state index is 0.175. The SMILES string of the molecule is CCCC1=C(c2ccc(C)cc2)C(c2ccccc2)OC1=O. The van der Waals surface area contributed by atoms with Crippen LogP contribution in [-0.4, -0.2) is 5.97 Å². The smallest absolute Gasteiger partial charge is 0.335 e. The van der Waals surface area contributed by atoms with Crippen molar-refractivity contribution in [3.8, 4) is 0 Å². The molecule has 2 aromatic carbocycles. The molecule has 2 heteroatoms. The summed E-state index contributed by atoms with van der Waals surface area (Å²) in [5, 5.41) is 0. The van der Waals surface area contributed by atoms with Crippen molar-refractivity contribution >= 4 is 11.5 Å². The van der Waals surface area contributed by atoms with Gasteiger partial charge in [0.2, 0.25) is 0 Å². The van der Waals surface area contributed by atoms with E-state index in [1.807, 2.05) is 30.3 Å². The predicted octanol–water partition coefficient (Wildman–Crippen LogP) is 4.85. The van der Waals surface area contributed by atoms with E-state index >= 15 is 0 Å². The van der Waals surface area contributed by atoms with Crippen LogP contribution in [0.25, 0.3) is 5.57 Å². The summed E-state index contributed by atoms with van der Waals surface area (Å²) in [6.45, 7) is 4.15. The molecule has 0 saturated heterocycles. The van der Waals surface area contributed by atoms with Crippen molar-refractivity contribution in [2.75, 3.05) is 0 Å². The fraction of sp³-hybridized carbons (Fsp3) is 0.250. The van der Waals surface area contributed by atoms with Gasteiger partial charge in [0.25, 0.3) is 0 Å². The maximum atomic E-state index is 12.3. The number of esters is 1. The first kappa shape index (κ1) is 14.6. The van der Waals surface area contributed by atoms with E-state index in [9.17, 15) is 4.79 Å². The fourth-order valence-electron chi connectivity index (χ4n) is 2.91. The van der Waals surface area contributed by atoms with Crippen LogP contribution in [0.1, 0.15) is 42.6 Å². The monoisotopic (exact) mass is 292 g/mol. The molecule has 2 aromatic rings.